The van der Waals surface area contributed by atoms with Gasteiger partial charge in [-0.05, 0) is 135 Å². The standard InChI is InChI=1S/C46H54O9/c1-51-20-8-15-42-43(45(50)38-25-35(17-19-41(38)55-42)53-33-11-3-2-4-12-33)40-27-52-46-30(24-36(26-39(46)44(40)49)54-34-13-5-6-14-34)21-29-23-32(48)16-18-37(29)28-9-7-10-31(47)22-28/h7,9-10,16-19,22-26,33-34,40,42-45,47-50H,2-6,8,11-15,20-21,27H2,1H3/t40-,42-,43-,44-,45+/m1/s1. The minimum absolute atomic E-state index is 0.0900. The van der Waals surface area contributed by atoms with Gasteiger partial charge < -0.3 is 44.1 Å². The lowest BCUT2D eigenvalue weighted by Gasteiger charge is -2.45. The van der Waals surface area contributed by atoms with Crippen molar-refractivity contribution in [3.63, 3.8) is 0 Å². The molecule has 0 bridgehead atoms. The fourth-order valence-electron chi connectivity index (χ4n) is 9.34. The summed E-state index contributed by atoms with van der Waals surface area (Å²) in [5.41, 5.74) is 4.63. The smallest absolute Gasteiger partial charge is 0.128 e. The van der Waals surface area contributed by atoms with Crippen molar-refractivity contribution in [2.45, 2.75) is 108 Å². The molecule has 2 aliphatic carbocycles. The molecule has 2 aliphatic heterocycles. The molecule has 0 radical (unpaired) electrons. The monoisotopic (exact) mass is 750 g/mol. The van der Waals surface area contributed by atoms with E-state index in [1.165, 1.54) is 6.42 Å². The molecule has 4 N–H and O–H groups in total. The van der Waals surface area contributed by atoms with E-state index in [1.807, 2.05) is 42.5 Å². The van der Waals surface area contributed by atoms with Crippen LogP contribution < -0.4 is 18.9 Å². The van der Waals surface area contributed by atoms with E-state index in [9.17, 15) is 20.4 Å². The molecule has 8 rings (SSSR count). The number of phenols is 2. The Hall–Kier alpha value is -4.44. The highest BCUT2D eigenvalue weighted by Crippen LogP contribution is 2.51. The van der Waals surface area contributed by atoms with Crippen molar-refractivity contribution >= 4 is 0 Å². The number of hydrogen-bond acceptors (Lipinski definition) is 9. The first kappa shape index (κ1) is 37.5. The molecule has 0 spiro atoms. The zero-order valence-electron chi connectivity index (χ0n) is 31.7. The van der Waals surface area contributed by atoms with E-state index in [2.05, 4.69) is 0 Å². The molecule has 2 saturated carbocycles. The highest BCUT2D eigenvalue weighted by atomic mass is 16.5. The summed E-state index contributed by atoms with van der Waals surface area (Å²) in [5, 5.41) is 45.6. The van der Waals surface area contributed by atoms with Crippen LogP contribution >= 0.6 is 0 Å². The molecule has 55 heavy (non-hydrogen) atoms. The molecule has 9 nitrogen and oxygen atoms in total. The number of rotatable bonds is 12. The van der Waals surface area contributed by atoms with Gasteiger partial charge in [0.1, 0.15) is 40.6 Å². The number of aliphatic hydroxyl groups excluding tert-OH is 2. The van der Waals surface area contributed by atoms with Crippen molar-refractivity contribution in [3.8, 4) is 45.6 Å². The second-order valence-electron chi connectivity index (χ2n) is 15.9. The maximum absolute atomic E-state index is 12.5. The SMILES string of the molecule is COCCC[C@H]1Oc2ccc(OC3CCCCC3)cc2[C@H](O)[C@@H]1[C@H]1COc2c(Cc3cc(O)ccc3-c3cccc(O)c3)cc(OC3CCCC3)cc2[C@H]1O. The van der Waals surface area contributed by atoms with E-state index < -0.39 is 24.0 Å². The first-order valence-corrected chi connectivity index (χ1v) is 20.2. The molecule has 0 amide bonds. The van der Waals surface area contributed by atoms with E-state index in [0.717, 1.165) is 85.8 Å². The van der Waals surface area contributed by atoms with Crippen molar-refractivity contribution in [2.75, 3.05) is 20.3 Å². The fraction of sp³-hybridized carbons (Fsp3) is 0.478. The number of phenolic OH excluding ortho intramolecular Hbond substituents is 2. The van der Waals surface area contributed by atoms with Crippen LogP contribution in [-0.4, -0.2) is 59.1 Å². The number of ether oxygens (including phenoxy) is 5. The molecule has 4 aromatic rings. The van der Waals surface area contributed by atoms with Crippen molar-refractivity contribution in [2.24, 2.45) is 11.8 Å². The molecule has 9 heteroatoms. The van der Waals surface area contributed by atoms with Gasteiger partial charge >= 0.3 is 0 Å². The summed E-state index contributed by atoms with van der Waals surface area (Å²) in [6.45, 7) is 0.726. The molecule has 4 aromatic carbocycles. The summed E-state index contributed by atoms with van der Waals surface area (Å²) in [6, 6.07) is 22.0. The predicted octanol–water partition coefficient (Wildman–Crippen LogP) is 8.97. The van der Waals surface area contributed by atoms with Crippen LogP contribution in [0.3, 0.4) is 0 Å². The van der Waals surface area contributed by atoms with Crippen molar-refractivity contribution in [1.82, 2.24) is 0 Å². The third-order valence-corrected chi connectivity index (χ3v) is 12.1. The summed E-state index contributed by atoms with van der Waals surface area (Å²) >= 11 is 0. The first-order chi connectivity index (χ1) is 26.8. The maximum atomic E-state index is 12.5. The molecule has 0 saturated heterocycles. The molecular weight excluding hydrogens is 696 g/mol. The van der Waals surface area contributed by atoms with Gasteiger partial charge in [0.05, 0.1) is 31.0 Å². The molecule has 4 aliphatic rings. The third-order valence-electron chi connectivity index (χ3n) is 12.1. The lowest BCUT2D eigenvalue weighted by molar-refractivity contribution is -0.0890. The minimum atomic E-state index is -0.985. The highest BCUT2D eigenvalue weighted by molar-refractivity contribution is 5.70. The average molecular weight is 751 g/mol. The van der Waals surface area contributed by atoms with Gasteiger partial charge in [-0.3, -0.25) is 0 Å². The number of hydrogen-bond donors (Lipinski definition) is 4. The van der Waals surface area contributed by atoms with Crippen LogP contribution in [0.2, 0.25) is 0 Å². The first-order valence-electron chi connectivity index (χ1n) is 20.2. The van der Waals surface area contributed by atoms with Gasteiger partial charge in [-0.25, -0.2) is 0 Å². The lowest BCUT2D eigenvalue weighted by Crippen LogP contribution is -2.46. The van der Waals surface area contributed by atoms with Crippen LogP contribution in [0.4, 0.5) is 0 Å². The van der Waals surface area contributed by atoms with Crippen LogP contribution in [0.5, 0.6) is 34.5 Å². The van der Waals surface area contributed by atoms with Gasteiger partial charge in [-0.2, -0.15) is 0 Å². The molecule has 5 atom stereocenters. The maximum Gasteiger partial charge on any atom is 0.128 e. The van der Waals surface area contributed by atoms with Crippen molar-refractivity contribution in [3.05, 3.63) is 95.1 Å². The second kappa shape index (κ2) is 16.7. The van der Waals surface area contributed by atoms with Crippen LogP contribution in [0.1, 0.15) is 105 Å². The topological polar surface area (TPSA) is 127 Å². The number of fused-ring (bicyclic) bond motifs is 2. The Morgan fingerprint density at radius 3 is 2.20 bits per heavy atom. The van der Waals surface area contributed by atoms with Gasteiger partial charge in [-0.15, -0.1) is 0 Å². The number of aliphatic hydroxyl groups is 2. The summed E-state index contributed by atoms with van der Waals surface area (Å²) in [5.74, 6) is 1.92. The van der Waals surface area contributed by atoms with E-state index in [1.54, 1.807) is 37.4 Å². The second-order valence-corrected chi connectivity index (χ2v) is 15.9. The largest absolute Gasteiger partial charge is 0.508 e. The van der Waals surface area contributed by atoms with Gasteiger partial charge in [0.25, 0.3) is 0 Å². The minimum Gasteiger partial charge on any atom is -0.508 e. The van der Waals surface area contributed by atoms with E-state index in [4.69, 9.17) is 23.7 Å². The fourth-order valence-corrected chi connectivity index (χ4v) is 9.34. The highest BCUT2D eigenvalue weighted by Gasteiger charge is 2.47. The van der Waals surface area contributed by atoms with E-state index in [0.29, 0.717) is 47.8 Å². The van der Waals surface area contributed by atoms with Crippen molar-refractivity contribution < 1.29 is 44.1 Å². The Morgan fingerprint density at radius 2 is 1.44 bits per heavy atom. The summed E-state index contributed by atoms with van der Waals surface area (Å²) in [7, 11) is 1.68. The van der Waals surface area contributed by atoms with E-state index in [-0.39, 0.29) is 36.4 Å². The van der Waals surface area contributed by atoms with Gasteiger partial charge in [0.15, 0.2) is 0 Å². The molecule has 2 heterocycles. The lowest BCUT2D eigenvalue weighted by atomic mass is 9.72. The Morgan fingerprint density at radius 1 is 0.709 bits per heavy atom. The third kappa shape index (κ3) is 8.25. The van der Waals surface area contributed by atoms with Crippen LogP contribution in [0.25, 0.3) is 11.1 Å². The molecule has 2 fully saturated rings. The Bertz CT molecular complexity index is 1930. The normalized spacial score (nSPS) is 24.0. The summed E-state index contributed by atoms with van der Waals surface area (Å²) in [4.78, 5) is 0. The number of benzene rings is 4. The Labute approximate surface area is 323 Å². The van der Waals surface area contributed by atoms with Crippen LogP contribution in [0.15, 0.2) is 72.8 Å². The van der Waals surface area contributed by atoms with Gasteiger partial charge in [-0.1, -0.05) is 24.6 Å². The predicted molar refractivity (Wildman–Crippen MR) is 209 cm³/mol. The Balaban J connectivity index is 1.14. The van der Waals surface area contributed by atoms with Crippen molar-refractivity contribution in [1.29, 1.82) is 0 Å². The average Bonchev–Trinajstić information content (AvgIpc) is 3.70. The molecule has 292 valence electrons. The summed E-state index contributed by atoms with van der Waals surface area (Å²) in [6.07, 6.45) is 9.52. The Kier molecular flexibility index (Phi) is 11.4. The number of methoxy groups -OCH3 is 1. The summed E-state index contributed by atoms with van der Waals surface area (Å²) < 4.78 is 31.7. The molecular formula is C46H54O9. The van der Waals surface area contributed by atoms with Crippen LogP contribution in [0, 0.1) is 11.8 Å². The molecule has 0 aromatic heterocycles. The van der Waals surface area contributed by atoms with E-state index >= 15 is 0 Å². The van der Waals surface area contributed by atoms with Gasteiger partial charge in [0, 0.05) is 48.7 Å². The zero-order valence-corrected chi connectivity index (χ0v) is 31.7. The molecule has 0 unspecified atom stereocenters. The van der Waals surface area contributed by atoms with Crippen LogP contribution in [-0.2, 0) is 11.2 Å². The zero-order chi connectivity index (χ0) is 37.9. The van der Waals surface area contributed by atoms with Gasteiger partial charge in [0.2, 0.25) is 0 Å². The quantitative estimate of drug-likeness (QED) is 0.105. The number of aromatic hydroxyl groups is 2.